The van der Waals surface area contributed by atoms with E-state index in [1.54, 1.807) is 0 Å². The molecule has 10 heteroatoms. The van der Waals surface area contributed by atoms with E-state index in [2.05, 4.69) is 74.6 Å². The summed E-state index contributed by atoms with van der Waals surface area (Å²) in [5.74, 6) is -0.808. The average molecular weight is 1400 g/mol. The van der Waals surface area contributed by atoms with Crippen molar-refractivity contribution >= 4 is 19.8 Å². The van der Waals surface area contributed by atoms with E-state index in [0.717, 1.165) is 51.4 Å². The number of hydrogen-bond donors (Lipinski definition) is 0. The third-order valence-corrected chi connectivity index (χ3v) is 20.5. The fourth-order valence-electron chi connectivity index (χ4n) is 12.9. The molecule has 0 aliphatic carbocycles. The number of hydrogen-bond acceptors (Lipinski definition) is 8. The van der Waals surface area contributed by atoms with Crippen LogP contribution in [0.4, 0.5) is 0 Å². The summed E-state index contributed by atoms with van der Waals surface area (Å²) in [5, 5.41) is 0. The first-order chi connectivity index (χ1) is 48.0. The second-order valence-corrected chi connectivity index (χ2v) is 32.0. The molecule has 0 spiro atoms. The first-order valence-electron chi connectivity index (χ1n) is 43.0. The number of likely N-dealkylation sites (N-methyl/N-ethyl adjacent to an activating group) is 1. The van der Waals surface area contributed by atoms with Crippen molar-refractivity contribution in [2.75, 3.05) is 47.5 Å². The van der Waals surface area contributed by atoms with Gasteiger partial charge in [0.25, 0.3) is 7.82 Å². The number of phosphoric acid groups is 1. The molecule has 0 bridgehead atoms. The molecule has 576 valence electrons. The van der Waals surface area contributed by atoms with E-state index in [9.17, 15) is 19.0 Å². The lowest BCUT2D eigenvalue weighted by Gasteiger charge is -2.28. The highest BCUT2D eigenvalue weighted by atomic mass is 31.2. The van der Waals surface area contributed by atoms with Crippen LogP contribution in [0.2, 0.25) is 0 Å². The van der Waals surface area contributed by atoms with Crippen LogP contribution in [0.3, 0.4) is 0 Å². The Morgan fingerprint density at radius 1 is 0.316 bits per heavy atom. The minimum atomic E-state index is -4.65. The molecule has 0 heterocycles. The van der Waals surface area contributed by atoms with E-state index in [0.29, 0.717) is 17.4 Å². The number of ether oxygens (including phenoxy) is 2. The van der Waals surface area contributed by atoms with Gasteiger partial charge in [-0.15, -0.1) is 0 Å². The molecular weight excluding hydrogens is 1230 g/mol. The smallest absolute Gasteiger partial charge is 0.306 e. The highest BCUT2D eigenvalue weighted by Crippen LogP contribution is 2.38. The van der Waals surface area contributed by atoms with E-state index in [4.69, 9.17) is 18.5 Å². The molecular formula is C88H166NO8P. The standard InChI is InChI=1S/C88H166NO8P/c1-6-8-10-12-14-16-18-20-22-24-26-28-30-32-34-36-38-40-41-42-43-44-45-46-47-49-51-53-55-57-59-61-63-65-67-69-71-73-75-77-79-81-88(91)97-86(85-96-98(92,93)95-83-82-89(3,4)5)84-94-87(90)80-78-76-74-72-70-68-66-64-62-60-58-56-54-52-50-48-39-37-35-33-31-29-27-25-23-21-19-17-15-13-11-9-7-2/h18-21,24-27,30,32,86H,6-17,22-23,28-29,31,33-85H2,1-5H3/b20-18-,21-19-,26-24-,27-25-,32-30-. The molecule has 0 saturated carbocycles. The first kappa shape index (κ1) is 95.7. The molecule has 0 aliphatic heterocycles. The fourth-order valence-corrected chi connectivity index (χ4v) is 13.7. The van der Waals surface area contributed by atoms with Crippen molar-refractivity contribution in [3.8, 4) is 0 Å². The zero-order valence-electron chi connectivity index (χ0n) is 66.0. The summed E-state index contributed by atoms with van der Waals surface area (Å²) in [6.45, 7) is 4.29. The van der Waals surface area contributed by atoms with Crippen LogP contribution in [0.5, 0.6) is 0 Å². The van der Waals surface area contributed by atoms with Gasteiger partial charge in [-0.2, -0.15) is 0 Å². The monoisotopic (exact) mass is 1400 g/mol. The van der Waals surface area contributed by atoms with Crippen LogP contribution in [0.15, 0.2) is 60.8 Å². The molecule has 0 fully saturated rings. The van der Waals surface area contributed by atoms with Gasteiger partial charge in [0.05, 0.1) is 27.7 Å². The van der Waals surface area contributed by atoms with Gasteiger partial charge < -0.3 is 27.9 Å². The van der Waals surface area contributed by atoms with Crippen molar-refractivity contribution in [1.29, 1.82) is 0 Å². The number of allylic oxidation sites excluding steroid dienone is 10. The molecule has 0 rings (SSSR count). The van der Waals surface area contributed by atoms with Crippen molar-refractivity contribution in [2.24, 2.45) is 0 Å². The number of esters is 2. The molecule has 2 unspecified atom stereocenters. The normalized spacial score (nSPS) is 13.2. The second kappa shape index (κ2) is 78.8. The lowest BCUT2D eigenvalue weighted by Crippen LogP contribution is -2.37. The van der Waals surface area contributed by atoms with Crippen LogP contribution in [0.1, 0.15) is 438 Å². The van der Waals surface area contributed by atoms with Crippen molar-refractivity contribution in [3.63, 3.8) is 0 Å². The number of nitrogens with zero attached hydrogens (tertiary/aromatic N) is 1. The Balaban J connectivity index is 3.87. The molecule has 0 aliphatic rings. The largest absolute Gasteiger partial charge is 0.756 e. The van der Waals surface area contributed by atoms with Crippen molar-refractivity contribution in [3.05, 3.63) is 60.8 Å². The number of quaternary nitrogens is 1. The minimum Gasteiger partial charge on any atom is -0.756 e. The van der Waals surface area contributed by atoms with Gasteiger partial charge in [0.1, 0.15) is 19.8 Å². The lowest BCUT2D eigenvalue weighted by molar-refractivity contribution is -0.870. The summed E-state index contributed by atoms with van der Waals surface area (Å²) >= 11 is 0. The predicted molar refractivity (Wildman–Crippen MR) is 425 cm³/mol. The van der Waals surface area contributed by atoms with E-state index in [1.165, 1.54) is 353 Å². The molecule has 0 aromatic rings. The van der Waals surface area contributed by atoms with Crippen molar-refractivity contribution in [1.82, 2.24) is 0 Å². The number of rotatable bonds is 81. The molecule has 0 aromatic carbocycles. The summed E-state index contributed by atoms with van der Waals surface area (Å²) in [5.41, 5.74) is 0. The van der Waals surface area contributed by atoms with Gasteiger partial charge in [0, 0.05) is 12.8 Å². The average Bonchev–Trinajstić information content (AvgIpc) is 1.08. The Bertz CT molecular complexity index is 1840. The Morgan fingerprint density at radius 2 is 0.551 bits per heavy atom. The van der Waals surface area contributed by atoms with E-state index < -0.39 is 26.5 Å². The molecule has 98 heavy (non-hydrogen) atoms. The molecule has 2 atom stereocenters. The van der Waals surface area contributed by atoms with Gasteiger partial charge in [0.15, 0.2) is 6.10 Å². The van der Waals surface area contributed by atoms with Gasteiger partial charge in [-0.1, -0.05) is 402 Å². The fraction of sp³-hybridized carbons (Fsp3) is 0.864. The highest BCUT2D eigenvalue weighted by molar-refractivity contribution is 7.45. The van der Waals surface area contributed by atoms with Crippen LogP contribution in [0.25, 0.3) is 0 Å². The van der Waals surface area contributed by atoms with Gasteiger partial charge in [-0.25, -0.2) is 0 Å². The summed E-state index contributed by atoms with van der Waals surface area (Å²) in [6, 6.07) is 0. The van der Waals surface area contributed by atoms with Gasteiger partial charge in [-0.3, -0.25) is 14.2 Å². The van der Waals surface area contributed by atoms with Gasteiger partial charge >= 0.3 is 11.9 Å². The molecule has 9 nitrogen and oxygen atoms in total. The maximum atomic E-state index is 12.9. The maximum Gasteiger partial charge on any atom is 0.306 e. The Kier molecular flexibility index (Phi) is 77.0. The summed E-state index contributed by atoms with van der Waals surface area (Å²) in [4.78, 5) is 38.2. The number of carbonyl (C=O) groups is 2. The summed E-state index contributed by atoms with van der Waals surface area (Å²) < 4.78 is 34.5. The number of carbonyl (C=O) groups excluding carboxylic acids is 2. The van der Waals surface area contributed by atoms with Crippen LogP contribution in [-0.4, -0.2) is 70.0 Å². The van der Waals surface area contributed by atoms with Gasteiger partial charge in [-0.05, 0) is 83.5 Å². The zero-order chi connectivity index (χ0) is 71.1. The number of unbranched alkanes of at least 4 members (excludes halogenated alkanes) is 57. The molecule has 0 aromatic heterocycles. The van der Waals surface area contributed by atoms with E-state index in [-0.39, 0.29) is 32.0 Å². The first-order valence-corrected chi connectivity index (χ1v) is 44.5. The highest BCUT2D eigenvalue weighted by Gasteiger charge is 2.22. The molecule has 0 N–H and O–H groups in total. The predicted octanol–water partition coefficient (Wildman–Crippen LogP) is 28.2. The van der Waals surface area contributed by atoms with Crippen LogP contribution in [0, 0.1) is 0 Å². The Hall–Kier alpha value is -2.29. The quantitative estimate of drug-likeness (QED) is 0.0195. The van der Waals surface area contributed by atoms with Crippen molar-refractivity contribution in [2.45, 2.75) is 444 Å². The third-order valence-electron chi connectivity index (χ3n) is 19.5. The molecule has 0 amide bonds. The molecule has 0 radical (unpaired) electrons. The zero-order valence-corrected chi connectivity index (χ0v) is 66.9. The number of phosphoric ester groups is 1. The maximum absolute atomic E-state index is 12.9. The topological polar surface area (TPSA) is 111 Å². The van der Waals surface area contributed by atoms with Crippen LogP contribution >= 0.6 is 7.82 Å². The lowest BCUT2D eigenvalue weighted by atomic mass is 10.0. The van der Waals surface area contributed by atoms with E-state index >= 15 is 0 Å². The SMILES string of the molecule is CCCCCCC/C=C\C/C=C\C/C=C\CCCCCCCCCCCCCCCCCCCCCCCCCCCCC(=O)OC(COC(=O)CCCCCCCCCCCCCCCCCCCCCCC/C=C\C/C=C\CCCCCCC)COP(=O)([O-])OCC[N+](C)(C)C. The molecule has 0 saturated heterocycles. The Morgan fingerprint density at radius 3 is 0.816 bits per heavy atom. The van der Waals surface area contributed by atoms with Gasteiger partial charge in [0.2, 0.25) is 0 Å². The van der Waals surface area contributed by atoms with E-state index in [1.807, 2.05) is 21.1 Å². The van der Waals surface area contributed by atoms with Crippen LogP contribution < -0.4 is 4.89 Å². The summed E-state index contributed by atoms with van der Waals surface area (Å²) in [7, 11) is 1.19. The second-order valence-electron chi connectivity index (χ2n) is 30.5. The third kappa shape index (κ3) is 82.7. The Labute approximate surface area is 610 Å². The van der Waals surface area contributed by atoms with Crippen molar-refractivity contribution < 1.29 is 42.1 Å². The summed E-state index contributed by atoms with van der Waals surface area (Å²) in [6.07, 6.45) is 107. The minimum absolute atomic E-state index is 0.0280. The van der Waals surface area contributed by atoms with Crippen LogP contribution in [-0.2, 0) is 32.7 Å².